The fourth-order valence-electron chi connectivity index (χ4n) is 1.08. The average molecular weight is 211 g/mol. The van der Waals surface area contributed by atoms with Crippen molar-refractivity contribution < 1.29 is 9.84 Å². The van der Waals surface area contributed by atoms with Crippen molar-refractivity contribution >= 4 is 5.82 Å². The van der Waals surface area contributed by atoms with Crippen LogP contribution in [0.1, 0.15) is 13.3 Å². The molecule has 0 saturated heterocycles. The van der Waals surface area contributed by atoms with Gasteiger partial charge in [0, 0.05) is 39.1 Å². The van der Waals surface area contributed by atoms with Crippen LogP contribution in [-0.4, -0.2) is 40.9 Å². The molecule has 1 heterocycles. The van der Waals surface area contributed by atoms with Gasteiger partial charge in [0.25, 0.3) is 0 Å². The van der Waals surface area contributed by atoms with Crippen LogP contribution in [0, 0.1) is 0 Å². The highest BCUT2D eigenvalue weighted by atomic mass is 16.5. The highest BCUT2D eigenvalue weighted by molar-refractivity contribution is 5.30. The van der Waals surface area contributed by atoms with Crippen molar-refractivity contribution in [1.82, 2.24) is 9.97 Å². The van der Waals surface area contributed by atoms with E-state index in [1.165, 1.54) is 0 Å². The van der Waals surface area contributed by atoms with Crippen molar-refractivity contribution in [3.05, 3.63) is 18.6 Å². The number of hydrogen-bond donors (Lipinski definition) is 2. The van der Waals surface area contributed by atoms with Gasteiger partial charge in [0.1, 0.15) is 5.82 Å². The molecule has 84 valence electrons. The first-order valence-electron chi connectivity index (χ1n) is 4.85. The second-order valence-corrected chi connectivity index (χ2v) is 3.68. The van der Waals surface area contributed by atoms with Gasteiger partial charge in [-0.3, -0.25) is 4.98 Å². The summed E-state index contributed by atoms with van der Waals surface area (Å²) in [7, 11) is 1.62. The maximum Gasteiger partial charge on any atom is 0.144 e. The zero-order chi connectivity index (χ0) is 11.1. The van der Waals surface area contributed by atoms with E-state index in [-0.39, 0.29) is 0 Å². The van der Waals surface area contributed by atoms with E-state index in [0.29, 0.717) is 25.4 Å². The van der Waals surface area contributed by atoms with Crippen molar-refractivity contribution in [1.29, 1.82) is 0 Å². The second kappa shape index (κ2) is 5.63. The van der Waals surface area contributed by atoms with Crippen LogP contribution in [0.5, 0.6) is 0 Å². The lowest BCUT2D eigenvalue weighted by Gasteiger charge is -2.23. The lowest BCUT2D eigenvalue weighted by molar-refractivity contribution is 0.0357. The fourth-order valence-corrected chi connectivity index (χ4v) is 1.08. The van der Waals surface area contributed by atoms with Gasteiger partial charge in [-0.15, -0.1) is 0 Å². The Bertz CT molecular complexity index is 277. The van der Waals surface area contributed by atoms with E-state index < -0.39 is 5.60 Å². The zero-order valence-electron chi connectivity index (χ0n) is 9.10. The predicted octanol–water partition coefficient (Wildman–Crippen LogP) is 0.676. The Morgan fingerprint density at radius 3 is 2.93 bits per heavy atom. The Morgan fingerprint density at radius 2 is 2.33 bits per heavy atom. The van der Waals surface area contributed by atoms with Crippen LogP contribution < -0.4 is 5.32 Å². The number of rotatable bonds is 6. The molecule has 1 atom stereocenters. The molecule has 0 aromatic carbocycles. The number of nitrogens with one attached hydrogen (secondary N) is 1. The molecule has 5 nitrogen and oxygen atoms in total. The first kappa shape index (κ1) is 11.9. The van der Waals surface area contributed by atoms with E-state index in [1.54, 1.807) is 32.6 Å². The van der Waals surface area contributed by atoms with Crippen LogP contribution in [0.2, 0.25) is 0 Å². The monoisotopic (exact) mass is 211 g/mol. The van der Waals surface area contributed by atoms with Gasteiger partial charge in [-0.1, -0.05) is 0 Å². The lowest BCUT2D eigenvalue weighted by atomic mass is 10.0. The topological polar surface area (TPSA) is 67.3 Å². The first-order valence-corrected chi connectivity index (χ1v) is 4.85. The van der Waals surface area contributed by atoms with E-state index >= 15 is 0 Å². The van der Waals surface area contributed by atoms with Gasteiger partial charge < -0.3 is 15.2 Å². The Kier molecular flexibility index (Phi) is 4.45. The van der Waals surface area contributed by atoms with Crippen LogP contribution in [0.25, 0.3) is 0 Å². The van der Waals surface area contributed by atoms with Crippen LogP contribution >= 0.6 is 0 Å². The van der Waals surface area contributed by atoms with Crippen LogP contribution in [0.4, 0.5) is 5.82 Å². The van der Waals surface area contributed by atoms with E-state index in [2.05, 4.69) is 15.3 Å². The summed E-state index contributed by atoms with van der Waals surface area (Å²) in [5.74, 6) is 0.662. The number of aromatic nitrogens is 2. The van der Waals surface area contributed by atoms with Gasteiger partial charge in [-0.2, -0.15) is 0 Å². The SMILES string of the molecule is COCCC(C)(O)CNc1cnccn1. The second-order valence-electron chi connectivity index (χ2n) is 3.68. The van der Waals surface area contributed by atoms with Gasteiger partial charge >= 0.3 is 0 Å². The summed E-state index contributed by atoms with van der Waals surface area (Å²) in [6.07, 6.45) is 5.41. The smallest absolute Gasteiger partial charge is 0.144 e. The van der Waals surface area contributed by atoms with E-state index in [4.69, 9.17) is 4.74 Å². The Morgan fingerprint density at radius 1 is 1.53 bits per heavy atom. The number of aliphatic hydroxyl groups is 1. The Labute approximate surface area is 89.5 Å². The molecule has 0 saturated carbocycles. The molecular weight excluding hydrogens is 194 g/mol. The normalized spacial score (nSPS) is 14.6. The minimum absolute atomic E-state index is 0.426. The lowest BCUT2D eigenvalue weighted by Crippen LogP contribution is -2.34. The van der Waals surface area contributed by atoms with Gasteiger partial charge in [0.2, 0.25) is 0 Å². The molecule has 1 unspecified atom stereocenters. The fraction of sp³-hybridized carbons (Fsp3) is 0.600. The van der Waals surface area contributed by atoms with E-state index in [1.807, 2.05) is 0 Å². The van der Waals surface area contributed by atoms with Gasteiger partial charge in [0.05, 0.1) is 11.8 Å². The van der Waals surface area contributed by atoms with Crippen molar-refractivity contribution in [3.63, 3.8) is 0 Å². The Balaban J connectivity index is 2.35. The van der Waals surface area contributed by atoms with Crippen LogP contribution in [-0.2, 0) is 4.74 Å². The molecule has 1 aromatic rings. The number of nitrogens with zero attached hydrogens (tertiary/aromatic N) is 2. The van der Waals surface area contributed by atoms with Crippen molar-refractivity contribution in [2.24, 2.45) is 0 Å². The molecule has 2 N–H and O–H groups in total. The van der Waals surface area contributed by atoms with E-state index in [9.17, 15) is 5.11 Å². The third kappa shape index (κ3) is 4.71. The number of ether oxygens (including phenoxy) is 1. The molecule has 0 aliphatic rings. The molecule has 0 spiro atoms. The van der Waals surface area contributed by atoms with Crippen molar-refractivity contribution in [2.75, 3.05) is 25.6 Å². The quantitative estimate of drug-likeness (QED) is 0.724. The van der Waals surface area contributed by atoms with Gasteiger partial charge in [-0.25, -0.2) is 4.98 Å². The van der Waals surface area contributed by atoms with Crippen LogP contribution in [0.15, 0.2) is 18.6 Å². The van der Waals surface area contributed by atoms with Crippen molar-refractivity contribution in [3.8, 4) is 0 Å². The maximum absolute atomic E-state index is 9.92. The minimum atomic E-state index is -0.798. The highest BCUT2D eigenvalue weighted by Gasteiger charge is 2.19. The standard InChI is InChI=1S/C10H17N3O2/c1-10(14,3-6-15-2)8-13-9-7-11-4-5-12-9/h4-5,7,14H,3,6,8H2,1-2H3,(H,12,13). The first-order chi connectivity index (χ1) is 7.14. The van der Waals surface area contributed by atoms with E-state index in [0.717, 1.165) is 0 Å². The number of anilines is 1. The summed E-state index contributed by atoms with van der Waals surface area (Å²) < 4.78 is 4.91. The number of methoxy groups -OCH3 is 1. The summed E-state index contributed by atoms with van der Waals surface area (Å²) in [6, 6.07) is 0. The molecule has 15 heavy (non-hydrogen) atoms. The van der Waals surface area contributed by atoms with Gasteiger partial charge in [0.15, 0.2) is 0 Å². The Hall–Kier alpha value is -1.20. The largest absolute Gasteiger partial charge is 0.388 e. The molecule has 0 radical (unpaired) electrons. The van der Waals surface area contributed by atoms with Crippen molar-refractivity contribution in [2.45, 2.75) is 18.9 Å². The predicted molar refractivity (Wildman–Crippen MR) is 57.6 cm³/mol. The van der Waals surface area contributed by atoms with Crippen LogP contribution in [0.3, 0.4) is 0 Å². The molecule has 5 heteroatoms. The highest BCUT2D eigenvalue weighted by Crippen LogP contribution is 2.10. The van der Waals surface area contributed by atoms with Gasteiger partial charge in [-0.05, 0) is 6.92 Å². The molecule has 1 rings (SSSR count). The summed E-state index contributed by atoms with van der Waals surface area (Å²) in [4.78, 5) is 7.96. The summed E-state index contributed by atoms with van der Waals surface area (Å²) in [5.41, 5.74) is -0.798. The molecule has 0 bridgehead atoms. The maximum atomic E-state index is 9.92. The number of hydrogen-bond acceptors (Lipinski definition) is 5. The summed E-state index contributed by atoms with van der Waals surface area (Å²) in [5, 5.41) is 12.9. The summed E-state index contributed by atoms with van der Waals surface area (Å²) >= 11 is 0. The molecule has 1 aromatic heterocycles. The molecular formula is C10H17N3O2. The minimum Gasteiger partial charge on any atom is -0.388 e. The molecule has 0 fully saturated rings. The third-order valence-electron chi connectivity index (χ3n) is 2.06. The molecule has 0 aliphatic carbocycles. The molecule has 0 aliphatic heterocycles. The third-order valence-corrected chi connectivity index (χ3v) is 2.06. The average Bonchev–Trinajstić information content (AvgIpc) is 2.25. The molecule has 0 amide bonds. The zero-order valence-corrected chi connectivity index (χ0v) is 9.10. The summed E-state index contributed by atoms with van der Waals surface area (Å²) in [6.45, 7) is 2.72.